The van der Waals surface area contributed by atoms with Crippen LogP contribution in [0.15, 0.2) is 0 Å². The lowest BCUT2D eigenvalue weighted by Crippen LogP contribution is -2.32. The Morgan fingerprint density at radius 3 is 2.40 bits per heavy atom. The van der Waals surface area contributed by atoms with Crippen LogP contribution < -0.4 is 5.32 Å². The Morgan fingerprint density at radius 2 is 1.87 bits per heavy atom. The average Bonchev–Trinajstić information content (AvgIpc) is 2.24. The van der Waals surface area contributed by atoms with Crippen molar-refractivity contribution in [2.75, 3.05) is 39.3 Å². The predicted octanol–water partition coefficient (Wildman–Crippen LogP) is 0.871. The van der Waals surface area contributed by atoms with Gasteiger partial charge in [0.2, 0.25) is 0 Å². The van der Waals surface area contributed by atoms with Crippen molar-refractivity contribution in [2.24, 2.45) is 0 Å². The molecule has 0 spiro atoms. The van der Waals surface area contributed by atoms with Crippen molar-refractivity contribution >= 4 is 5.97 Å². The highest BCUT2D eigenvalue weighted by molar-refractivity contribution is 5.69. The fourth-order valence-electron chi connectivity index (χ4n) is 1.33. The second kappa shape index (κ2) is 9.93. The first-order valence-corrected chi connectivity index (χ1v) is 5.83. The molecule has 0 aromatic heterocycles. The van der Waals surface area contributed by atoms with Crippen molar-refractivity contribution in [3.05, 3.63) is 0 Å². The molecule has 0 fully saturated rings. The standard InChI is InChI=1S/C11H24N2O2/c1-4-13(5-2)10-9-12-8-7-11(14)15-6-3/h12H,4-10H2,1-3H3. The summed E-state index contributed by atoms with van der Waals surface area (Å²) in [6.07, 6.45) is 0.464. The van der Waals surface area contributed by atoms with Crippen molar-refractivity contribution in [1.82, 2.24) is 10.2 Å². The molecule has 0 aliphatic carbocycles. The zero-order chi connectivity index (χ0) is 11.5. The fourth-order valence-corrected chi connectivity index (χ4v) is 1.33. The fraction of sp³-hybridized carbons (Fsp3) is 0.909. The molecule has 0 rings (SSSR count). The van der Waals surface area contributed by atoms with Gasteiger partial charge in [-0.15, -0.1) is 0 Å². The number of nitrogens with zero attached hydrogens (tertiary/aromatic N) is 1. The number of nitrogens with one attached hydrogen (secondary N) is 1. The summed E-state index contributed by atoms with van der Waals surface area (Å²) in [6, 6.07) is 0. The average molecular weight is 216 g/mol. The molecule has 0 aromatic carbocycles. The lowest BCUT2D eigenvalue weighted by molar-refractivity contribution is -0.142. The van der Waals surface area contributed by atoms with Crippen LogP contribution in [0.1, 0.15) is 27.2 Å². The zero-order valence-electron chi connectivity index (χ0n) is 10.2. The number of carbonyl (C=O) groups is 1. The van der Waals surface area contributed by atoms with Crippen molar-refractivity contribution < 1.29 is 9.53 Å². The summed E-state index contributed by atoms with van der Waals surface area (Å²) in [5, 5.41) is 3.23. The van der Waals surface area contributed by atoms with Crippen LogP contribution in [0.5, 0.6) is 0 Å². The number of hydrogen-bond donors (Lipinski definition) is 1. The minimum Gasteiger partial charge on any atom is -0.466 e. The van der Waals surface area contributed by atoms with Gasteiger partial charge in [0.05, 0.1) is 13.0 Å². The van der Waals surface area contributed by atoms with Gasteiger partial charge in [0, 0.05) is 19.6 Å². The maximum Gasteiger partial charge on any atom is 0.307 e. The molecule has 0 saturated heterocycles. The smallest absolute Gasteiger partial charge is 0.307 e. The summed E-state index contributed by atoms with van der Waals surface area (Å²) in [4.78, 5) is 13.3. The normalized spacial score (nSPS) is 10.7. The highest BCUT2D eigenvalue weighted by Gasteiger charge is 2.01. The van der Waals surface area contributed by atoms with Crippen LogP contribution in [-0.2, 0) is 9.53 Å². The Morgan fingerprint density at radius 1 is 1.20 bits per heavy atom. The van der Waals surface area contributed by atoms with Gasteiger partial charge in [-0.1, -0.05) is 13.8 Å². The van der Waals surface area contributed by atoms with E-state index in [9.17, 15) is 4.79 Å². The second-order valence-electron chi connectivity index (χ2n) is 3.33. The molecule has 0 aromatic rings. The van der Waals surface area contributed by atoms with E-state index in [0.29, 0.717) is 19.6 Å². The van der Waals surface area contributed by atoms with Gasteiger partial charge in [-0.25, -0.2) is 0 Å². The maximum absolute atomic E-state index is 11.0. The Hall–Kier alpha value is -0.610. The van der Waals surface area contributed by atoms with Crippen LogP contribution in [0.2, 0.25) is 0 Å². The van der Waals surface area contributed by atoms with Crippen LogP contribution in [0.4, 0.5) is 0 Å². The lowest BCUT2D eigenvalue weighted by Gasteiger charge is -2.17. The topological polar surface area (TPSA) is 41.6 Å². The molecule has 0 heterocycles. The number of ether oxygens (including phenoxy) is 1. The molecule has 90 valence electrons. The van der Waals surface area contributed by atoms with E-state index in [1.807, 2.05) is 6.92 Å². The molecule has 0 amide bonds. The molecule has 0 aliphatic heterocycles. The number of likely N-dealkylation sites (N-methyl/N-ethyl adjacent to an activating group) is 1. The number of rotatable bonds is 9. The van der Waals surface area contributed by atoms with Crippen molar-refractivity contribution in [3.8, 4) is 0 Å². The summed E-state index contributed by atoms with van der Waals surface area (Å²) in [6.45, 7) is 11.4. The van der Waals surface area contributed by atoms with Crippen LogP contribution in [-0.4, -0.2) is 50.2 Å². The van der Waals surface area contributed by atoms with Gasteiger partial charge in [0.15, 0.2) is 0 Å². The lowest BCUT2D eigenvalue weighted by atomic mass is 10.4. The molecule has 0 aliphatic rings. The molecule has 0 saturated carbocycles. The summed E-state index contributed by atoms with van der Waals surface area (Å²) in [5.74, 6) is -0.118. The molecular weight excluding hydrogens is 192 g/mol. The second-order valence-corrected chi connectivity index (χ2v) is 3.33. The number of esters is 1. The minimum absolute atomic E-state index is 0.118. The van der Waals surface area contributed by atoms with E-state index < -0.39 is 0 Å². The molecule has 0 bridgehead atoms. The van der Waals surface area contributed by atoms with E-state index in [1.54, 1.807) is 0 Å². The zero-order valence-corrected chi connectivity index (χ0v) is 10.2. The molecule has 0 atom stereocenters. The van der Waals surface area contributed by atoms with E-state index in [4.69, 9.17) is 4.74 Å². The maximum atomic E-state index is 11.0. The van der Waals surface area contributed by atoms with Gasteiger partial charge in [0.1, 0.15) is 0 Å². The van der Waals surface area contributed by atoms with Crippen molar-refractivity contribution in [3.63, 3.8) is 0 Å². The first-order chi connectivity index (χ1) is 7.24. The van der Waals surface area contributed by atoms with Crippen LogP contribution in [0, 0.1) is 0 Å². The Bertz CT molecular complexity index is 159. The van der Waals surface area contributed by atoms with E-state index in [1.165, 1.54) is 0 Å². The van der Waals surface area contributed by atoms with Crippen LogP contribution in [0.3, 0.4) is 0 Å². The van der Waals surface area contributed by atoms with Gasteiger partial charge in [-0.05, 0) is 20.0 Å². The third-order valence-electron chi connectivity index (χ3n) is 2.31. The van der Waals surface area contributed by atoms with Gasteiger partial charge in [-0.3, -0.25) is 4.79 Å². The third kappa shape index (κ3) is 8.39. The molecule has 4 heteroatoms. The van der Waals surface area contributed by atoms with Crippen LogP contribution in [0.25, 0.3) is 0 Å². The van der Waals surface area contributed by atoms with Crippen molar-refractivity contribution in [2.45, 2.75) is 27.2 Å². The first-order valence-electron chi connectivity index (χ1n) is 5.83. The van der Waals surface area contributed by atoms with Crippen LogP contribution >= 0.6 is 0 Å². The van der Waals surface area contributed by atoms with Crippen molar-refractivity contribution in [1.29, 1.82) is 0 Å². The highest BCUT2D eigenvalue weighted by Crippen LogP contribution is 1.86. The Labute approximate surface area is 93.0 Å². The Balaban J connectivity index is 3.27. The summed E-state index contributed by atoms with van der Waals surface area (Å²) < 4.78 is 4.82. The molecular formula is C11H24N2O2. The molecule has 4 nitrogen and oxygen atoms in total. The number of carbonyl (C=O) groups excluding carboxylic acids is 1. The van der Waals surface area contributed by atoms with E-state index in [2.05, 4.69) is 24.1 Å². The quantitative estimate of drug-likeness (QED) is 0.459. The highest BCUT2D eigenvalue weighted by atomic mass is 16.5. The first kappa shape index (κ1) is 14.4. The van der Waals surface area contributed by atoms with Gasteiger partial charge in [-0.2, -0.15) is 0 Å². The van der Waals surface area contributed by atoms with Gasteiger partial charge in [0.25, 0.3) is 0 Å². The summed E-state index contributed by atoms with van der Waals surface area (Å²) >= 11 is 0. The predicted molar refractivity (Wildman–Crippen MR) is 61.9 cm³/mol. The monoisotopic (exact) mass is 216 g/mol. The number of hydrogen-bond acceptors (Lipinski definition) is 4. The SMILES string of the molecule is CCOC(=O)CCNCCN(CC)CC. The largest absolute Gasteiger partial charge is 0.466 e. The molecule has 0 radical (unpaired) electrons. The third-order valence-corrected chi connectivity index (χ3v) is 2.31. The molecule has 0 unspecified atom stereocenters. The van der Waals surface area contributed by atoms with E-state index >= 15 is 0 Å². The Kier molecular flexibility index (Phi) is 9.52. The van der Waals surface area contributed by atoms with Gasteiger partial charge < -0.3 is 15.0 Å². The van der Waals surface area contributed by atoms with Gasteiger partial charge >= 0.3 is 5.97 Å². The molecule has 1 N–H and O–H groups in total. The summed E-state index contributed by atoms with van der Waals surface area (Å²) in [7, 11) is 0. The molecule has 15 heavy (non-hydrogen) atoms. The van der Waals surface area contributed by atoms with E-state index in [0.717, 1.165) is 26.2 Å². The van der Waals surface area contributed by atoms with E-state index in [-0.39, 0.29) is 5.97 Å². The minimum atomic E-state index is -0.118. The summed E-state index contributed by atoms with van der Waals surface area (Å²) in [5.41, 5.74) is 0.